The molecule has 7 nitrogen and oxygen atoms in total. The second kappa shape index (κ2) is 8.31. The number of aromatic nitrogens is 2. The van der Waals surface area contributed by atoms with Crippen LogP contribution in [0.25, 0.3) is 43.6 Å². The van der Waals surface area contributed by atoms with Gasteiger partial charge in [-0.15, -0.1) is 0 Å². The van der Waals surface area contributed by atoms with Crippen molar-refractivity contribution < 1.29 is 18.8 Å². The van der Waals surface area contributed by atoms with Gasteiger partial charge in [0.15, 0.2) is 8.32 Å². The monoisotopic (exact) mass is 551 g/mol. The summed E-state index contributed by atoms with van der Waals surface area (Å²) in [5.41, 5.74) is 4.56. The van der Waals surface area contributed by atoms with E-state index in [2.05, 4.69) is 67.0 Å². The van der Waals surface area contributed by atoms with Crippen LogP contribution in [0.5, 0.6) is 5.75 Å². The van der Waals surface area contributed by atoms with Gasteiger partial charge < -0.3 is 18.7 Å². The molecule has 0 saturated heterocycles. The van der Waals surface area contributed by atoms with Gasteiger partial charge in [-0.2, -0.15) is 0 Å². The van der Waals surface area contributed by atoms with Crippen molar-refractivity contribution in [2.45, 2.75) is 57.5 Å². The van der Waals surface area contributed by atoms with Crippen molar-refractivity contribution >= 4 is 63.7 Å². The fourth-order valence-corrected chi connectivity index (χ4v) is 7.54. The van der Waals surface area contributed by atoms with Gasteiger partial charge in [0.2, 0.25) is 0 Å². The van der Waals surface area contributed by atoms with Crippen LogP contribution in [0.2, 0.25) is 18.1 Å². The molecule has 3 aromatic carbocycles. The number of nitrogens with one attached hydrogen (secondary N) is 2. The van der Waals surface area contributed by atoms with Crippen molar-refractivity contribution in [1.82, 2.24) is 14.9 Å². The first-order valence-corrected chi connectivity index (χ1v) is 16.7. The van der Waals surface area contributed by atoms with Crippen molar-refractivity contribution in [3.63, 3.8) is 0 Å². The van der Waals surface area contributed by atoms with Crippen LogP contribution in [0, 0.1) is 0 Å². The quantitative estimate of drug-likeness (QED) is 0.140. The minimum absolute atomic E-state index is 0.0175. The Morgan fingerprint density at radius 2 is 1.68 bits per heavy atom. The minimum atomic E-state index is -1.97. The molecule has 5 aromatic rings. The number of rotatable bonds is 4. The molecular formula is C32H33N3O4Si. The summed E-state index contributed by atoms with van der Waals surface area (Å²) in [5, 5.41) is 6.06. The number of hydrogen-bond acceptors (Lipinski definition) is 4. The first-order chi connectivity index (χ1) is 19.0. The van der Waals surface area contributed by atoms with Crippen LogP contribution in [0.3, 0.4) is 0 Å². The van der Waals surface area contributed by atoms with E-state index in [0.717, 1.165) is 50.0 Å². The highest BCUT2D eigenvalue weighted by Crippen LogP contribution is 2.47. The summed E-state index contributed by atoms with van der Waals surface area (Å²) in [6, 6.07) is 14.0. The number of ether oxygens (including phenoxy) is 1. The van der Waals surface area contributed by atoms with Crippen LogP contribution in [0.15, 0.2) is 54.6 Å². The number of fused-ring (bicyclic) bond motifs is 10. The van der Waals surface area contributed by atoms with E-state index < -0.39 is 8.32 Å². The predicted molar refractivity (Wildman–Crippen MR) is 162 cm³/mol. The molecule has 3 heterocycles. The van der Waals surface area contributed by atoms with E-state index >= 15 is 0 Å². The van der Waals surface area contributed by atoms with Crippen LogP contribution < -0.4 is 10.1 Å². The molecule has 204 valence electrons. The topological polar surface area (TPSA) is 85.3 Å². The van der Waals surface area contributed by atoms with Crippen LogP contribution in [0.1, 0.15) is 53.9 Å². The minimum Gasteiger partial charge on any atom is -0.497 e. The third kappa shape index (κ3) is 3.39. The number of hydrogen-bond donors (Lipinski definition) is 2. The van der Waals surface area contributed by atoms with Gasteiger partial charge in [0.05, 0.1) is 41.4 Å². The van der Waals surface area contributed by atoms with Crippen LogP contribution >= 0.6 is 0 Å². The number of H-pyrrole nitrogens is 1. The lowest BCUT2D eigenvalue weighted by Crippen LogP contribution is -2.43. The van der Waals surface area contributed by atoms with E-state index in [1.165, 1.54) is 0 Å². The van der Waals surface area contributed by atoms with Gasteiger partial charge in [-0.05, 0) is 42.4 Å². The molecule has 0 radical (unpaired) electrons. The van der Waals surface area contributed by atoms with Crippen molar-refractivity contribution in [3.8, 4) is 5.75 Å². The summed E-state index contributed by atoms with van der Waals surface area (Å²) >= 11 is 0. The highest BCUT2D eigenvalue weighted by atomic mass is 28.4. The van der Waals surface area contributed by atoms with Gasteiger partial charge >= 0.3 is 0 Å². The Morgan fingerprint density at radius 1 is 0.950 bits per heavy atom. The first kappa shape index (κ1) is 25.1. The van der Waals surface area contributed by atoms with E-state index in [0.29, 0.717) is 16.9 Å². The second-order valence-corrected chi connectivity index (χ2v) is 17.3. The summed E-state index contributed by atoms with van der Waals surface area (Å²) in [6.45, 7) is 11.4. The van der Waals surface area contributed by atoms with E-state index in [1.807, 2.05) is 36.4 Å². The van der Waals surface area contributed by atoms with E-state index in [4.69, 9.17) is 9.16 Å². The first-order valence-electron chi connectivity index (χ1n) is 13.8. The highest BCUT2D eigenvalue weighted by molar-refractivity contribution is 6.74. The third-order valence-corrected chi connectivity index (χ3v) is 13.7. The normalized spacial score (nSPS) is 19.4. The van der Waals surface area contributed by atoms with E-state index in [9.17, 15) is 9.59 Å². The average Bonchev–Trinajstić information content (AvgIpc) is 3.65. The number of aromatic amines is 1. The lowest BCUT2D eigenvalue weighted by Gasteiger charge is -2.38. The number of methoxy groups -OCH3 is 1. The van der Waals surface area contributed by atoms with Crippen molar-refractivity contribution in [1.29, 1.82) is 0 Å². The van der Waals surface area contributed by atoms with Gasteiger partial charge in [0, 0.05) is 39.0 Å². The Labute approximate surface area is 233 Å². The predicted octanol–water partition coefficient (Wildman–Crippen LogP) is 7.21. The van der Waals surface area contributed by atoms with Gasteiger partial charge in [-0.1, -0.05) is 51.1 Å². The smallest absolute Gasteiger partial charge is 0.259 e. The van der Waals surface area contributed by atoms with Crippen molar-refractivity contribution in [2.24, 2.45) is 0 Å². The number of allylic oxidation sites excluding steroid dienone is 1. The van der Waals surface area contributed by atoms with Gasteiger partial charge in [-0.3, -0.25) is 14.9 Å². The van der Waals surface area contributed by atoms with Crippen LogP contribution in [-0.2, 0) is 4.43 Å². The van der Waals surface area contributed by atoms with Gasteiger partial charge in [-0.25, -0.2) is 0 Å². The van der Waals surface area contributed by atoms with Crippen LogP contribution in [0.4, 0.5) is 0 Å². The number of carbonyl (C=O) groups is 2. The molecular weight excluding hydrogens is 518 g/mol. The lowest BCUT2D eigenvalue weighted by atomic mass is 9.96. The molecule has 2 atom stereocenters. The number of imide groups is 1. The molecule has 40 heavy (non-hydrogen) atoms. The number of amides is 2. The molecule has 8 heteroatoms. The Bertz CT molecular complexity index is 1940. The molecule has 0 saturated carbocycles. The van der Waals surface area contributed by atoms with E-state index in [1.54, 1.807) is 7.11 Å². The Kier molecular flexibility index (Phi) is 5.22. The fraction of sp³-hybridized carbons (Fsp3) is 0.312. The summed E-state index contributed by atoms with van der Waals surface area (Å²) in [7, 11) is -0.340. The number of nitrogens with zero attached hydrogens (tertiary/aromatic N) is 1. The van der Waals surface area contributed by atoms with Gasteiger partial charge in [0.1, 0.15) is 5.75 Å². The maximum absolute atomic E-state index is 13.4. The molecule has 2 amide bonds. The maximum Gasteiger partial charge on any atom is 0.259 e. The van der Waals surface area contributed by atoms with Crippen LogP contribution in [-0.4, -0.2) is 42.9 Å². The zero-order valence-corrected chi connectivity index (χ0v) is 24.6. The highest BCUT2D eigenvalue weighted by Gasteiger charge is 2.41. The zero-order valence-electron chi connectivity index (χ0n) is 23.6. The molecule has 2 N–H and O–H groups in total. The molecule has 0 fully saturated rings. The third-order valence-electron chi connectivity index (χ3n) is 9.19. The zero-order chi connectivity index (χ0) is 28.1. The molecule has 0 unspecified atom stereocenters. The summed E-state index contributed by atoms with van der Waals surface area (Å²) in [5.74, 6) is -0.0268. The molecule has 2 aromatic heterocycles. The molecule has 1 aliphatic heterocycles. The SMILES string of the molecule is COc1ccc2[nH]c3c(c4c(c5c6ccccc6n([C@@H]6C=C[C@H](O[Si](C)(C)C(C)(C)C)C6)c35)C(=O)NC4=O)c2c1. The summed E-state index contributed by atoms with van der Waals surface area (Å²) in [4.78, 5) is 30.3. The standard InChI is InChI=1S/C32H33N3O4Si/c1-32(2,3)40(5,6)39-19-12-11-17(15-19)35-23-10-8-7-9-20(23)25-27-26(30(36)34-31(27)37)24-21-16-18(38-4)13-14-22(21)33-28(24)29(25)35/h7-14,16-17,19,33H,15H2,1-6H3,(H,34,36,37)/t17-,19+/m1/s1. The fourth-order valence-electron chi connectivity index (χ4n) is 6.26. The number of para-hydroxylation sites is 1. The largest absolute Gasteiger partial charge is 0.497 e. The molecule has 1 aliphatic carbocycles. The molecule has 2 aliphatic rings. The molecule has 0 bridgehead atoms. The van der Waals surface area contributed by atoms with Crippen molar-refractivity contribution in [3.05, 3.63) is 65.7 Å². The number of benzene rings is 3. The van der Waals surface area contributed by atoms with E-state index in [-0.39, 0.29) is 29.0 Å². The number of carbonyl (C=O) groups excluding carboxylic acids is 2. The molecule has 0 spiro atoms. The lowest BCUT2D eigenvalue weighted by molar-refractivity contribution is 0.0880. The van der Waals surface area contributed by atoms with Gasteiger partial charge in [0.25, 0.3) is 11.8 Å². The Hall–Kier alpha value is -3.88. The summed E-state index contributed by atoms with van der Waals surface area (Å²) < 4.78 is 14.6. The Morgan fingerprint density at radius 3 is 2.40 bits per heavy atom. The molecule has 7 rings (SSSR count). The Balaban J connectivity index is 1.53. The summed E-state index contributed by atoms with van der Waals surface area (Å²) in [6.07, 6.45) is 5.25. The van der Waals surface area contributed by atoms with Crippen molar-refractivity contribution in [2.75, 3.05) is 7.11 Å². The second-order valence-electron chi connectivity index (χ2n) is 12.5. The maximum atomic E-state index is 13.4. The average molecular weight is 552 g/mol.